The molecule has 0 spiro atoms. The minimum absolute atomic E-state index is 0.0853. The smallest absolute Gasteiger partial charge is 0.247 e. The SMILES string of the molecule is COC1CCC(Nc2ccc(-c3c(C)noc3C)cc2NC(=O)[C@@H]2CCC(=O)N2)CC1. The zero-order valence-corrected chi connectivity index (χ0v) is 18.3. The van der Waals surface area contributed by atoms with Gasteiger partial charge in [-0.25, -0.2) is 0 Å². The minimum Gasteiger partial charge on any atom is -0.381 e. The second kappa shape index (κ2) is 9.09. The van der Waals surface area contributed by atoms with E-state index in [1.165, 1.54) is 0 Å². The first-order valence-electron chi connectivity index (χ1n) is 10.9. The monoisotopic (exact) mass is 426 g/mol. The fourth-order valence-corrected chi connectivity index (χ4v) is 4.52. The van der Waals surface area contributed by atoms with Gasteiger partial charge in [-0.15, -0.1) is 0 Å². The van der Waals surface area contributed by atoms with Gasteiger partial charge in [0, 0.05) is 25.1 Å². The molecule has 1 saturated carbocycles. The van der Waals surface area contributed by atoms with Crippen molar-refractivity contribution in [2.45, 2.75) is 70.6 Å². The highest BCUT2D eigenvalue weighted by atomic mass is 16.5. The lowest BCUT2D eigenvalue weighted by Crippen LogP contribution is -2.37. The van der Waals surface area contributed by atoms with E-state index < -0.39 is 6.04 Å². The molecule has 0 bridgehead atoms. The fraction of sp³-hybridized carbons (Fsp3) is 0.522. The van der Waals surface area contributed by atoms with Crippen molar-refractivity contribution in [1.82, 2.24) is 10.5 Å². The number of rotatable bonds is 6. The first-order chi connectivity index (χ1) is 14.9. The molecule has 2 fully saturated rings. The summed E-state index contributed by atoms with van der Waals surface area (Å²) in [7, 11) is 1.77. The number of hydrogen-bond donors (Lipinski definition) is 3. The lowest BCUT2D eigenvalue weighted by atomic mass is 9.92. The van der Waals surface area contributed by atoms with Crippen molar-refractivity contribution in [2.75, 3.05) is 17.7 Å². The number of aryl methyl sites for hydroxylation is 2. The summed E-state index contributed by atoms with van der Waals surface area (Å²) in [6.45, 7) is 3.78. The Balaban J connectivity index is 1.59. The first kappa shape index (κ1) is 21.4. The summed E-state index contributed by atoms with van der Waals surface area (Å²) in [6, 6.07) is 5.78. The molecule has 1 aliphatic carbocycles. The van der Waals surface area contributed by atoms with Crippen LogP contribution in [0, 0.1) is 13.8 Å². The van der Waals surface area contributed by atoms with Gasteiger partial charge in [-0.05, 0) is 63.6 Å². The van der Waals surface area contributed by atoms with Gasteiger partial charge in [0.15, 0.2) is 0 Å². The van der Waals surface area contributed by atoms with Gasteiger partial charge in [-0.3, -0.25) is 9.59 Å². The predicted molar refractivity (Wildman–Crippen MR) is 118 cm³/mol. The van der Waals surface area contributed by atoms with Gasteiger partial charge < -0.3 is 25.2 Å². The molecule has 2 heterocycles. The molecule has 166 valence electrons. The van der Waals surface area contributed by atoms with Crippen molar-refractivity contribution in [2.24, 2.45) is 0 Å². The standard InChI is InChI=1S/C23H30N4O4/c1-13-22(14(2)31-27-13)15-4-9-18(24-16-5-7-17(30-3)8-6-16)20(12-15)26-23(29)19-10-11-21(28)25-19/h4,9,12,16-17,19,24H,5-8,10-11H2,1-3H3,(H,25,28)(H,26,29)/t16?,17?,19-/m0/s1. The summed E-state index contributed by atoms with van der Waals surface area (Å²) < 4.78 is 10.8. The largest absolute Gasteiger partial charge is 0.381 e. The lowest BCUT2D eigenvalue weighted by molar-refractivity contribution is -0.122. The van der Waals surface area contributed by atoms with Gasteiger partial charge in [0.25, 0.3) is 0 Å². The molecule has 8 nitrogen and oxygen atoms in total. The maximum atomic E-state index is 12.8. The van der Waals surface area contributed by atoms with E-state index in [2.05, 4.69) is 21.1 Å². The van der Waals surface area contributed by atoms with Crippen LogP contribution in [0.4, 0.5) is 11.4 Å². The highest BCUT2D eigenvalue weighted by molar-refractivity contribution is 6.01. The summed E-state index contributed by atoms with van der Waals surface area (Å²) >= 11 is 0. The van der Waals surface area contributed by atoms with Crippen LogP contribution in [0.15, 0.2) is 22.7 Å². The summed E-state index contributed by atoms with van der Waals surface area (Å²) in [4.78, 5) is 24.4. The Morgan fingerprint density at radius 1 is 1.16 bits per heavy atom. The zero-order valence-electron chi connectivity index (χ0n) is 18.3. The van der Waals surface area contributed by atoms with E-state index >= 15 is 0 Å². The van der Waals surface area contributed by atoms with Gasteiger partial charge in [0.2, 0.25) is 11.8 Å². The normalized spacial score (nSPS) is 23.5. The van der Waals surface area contributed by atoms with Crippen LogP contribution in [0.1, 0.15) is 50.0 Å². The fourth-order valence-electron chi connectivity index (χ4n) is 4.52. The Morgan fingerprint density at radius 2 is 1.94 bits per heavy atom. The van der Waals surface area contributed by atoms with Gasteiger partial charge in [-0.1, -0.05) is 11.2 Å². The number of anilines is 2. The summed E-state index contributed by atoms with van der Waals surface area (Å²) in [5, 5.41) is 13.4. The number of carbonyl (C=O) groups excluding carboxylic acids is 2. The minimum atomic E-state index is -0.500. The summed E-state index contributed by atoms with van der Waals surface area (Å²) in [5.41, 5.74) is 4.22. The first-order valence-corrected chi connectivity index (χ1v) is 10.9. The van der Waals surface area contributed by atoms with E-state index in [4.69, 9.17) is 9.26 Å². The second-order valence-electron chi connectivity index (χ2n) is 8.46. The quantitative estimate of drug-likeness (QED) is 0.652. The lowest BCUT2D eigenvalue weighted by Gasteiger charge is -2.29. The van der Waals surface area contributed by atoms with Crippen molar-refractivity contribution in [3.63, 3.8) is 0 Å². The predicted octanol–water partition coefficient (Wildman–Crippen LogP) is 3.55. The van der Waals surface area contributed by atoms with Crippen molar-refractivity contribution < 1.29 is 18.8 Å². The van der Waals surface area contributed by atoms with Gasteiger partial charge in [0.05, 0.1) is 23.2 Å². The molecular formula is C23H30N4O4. The number of nitrogens with zero attached hydrogens (tertiary/aromatic N) is 1. The van der Waals surface area contributed by atoms with Gasteiger partial charge in [-0.2, -0.15) is 0 Å². The molecule has 3 N–H and O–H groups in total. The Hall–Kier alpha value is -2.87. The summed E-state index contributed by atoms with van der Waals surface area (Å²) in [5.74, 6) is 0.446. The summed E-state index contributed by atoms with van der Waals surface area (Å²) in [6.07, 6.45) is 5.27. The number of methoxy groups -OCH3 is 1. The molecule has 0 unspecified atom stereocenters. The van der Waals surface area contributed by atoms with Crippen molar-refractivity contribution in [1.29, 1.82) is 0 Å². The van der Waals surface area contributed by atoms with E-state index in [-0.39, 0.29) is 11.8 Å². The van der Waals surface area contributed by atoms with Gasteiger partial charge in [0.1, 0.15) is 11.8 Å². The molecular weight excluding hydrogens is 396 g/mol. The number of nitrogens with one attached hydrogen (secondary N) is 3. The van der Waals surface area contributed by atoms with Crippen LogP contribution in [0.2, 0.25) is 0 Å². The number of carbonyl (C=O) groups is 2. The number of hydrogen-bond acceptors (Lipinski definition) is 6. The van der Waals surface area contributed by atoms with Crippen LogP contribution in [0.3, 0.4) is 0 Å². The van der Waals surface area contributed by atoms with Crippen LogP contribution < -0.4 is 16.0 Å². The molecule has 31 heavy (non-hydrogen) atoms. The highest BCUT2D eigenvalue weighted by Gasteiger charge is 2.28. The van der Waals surface area contributed by atoms with Crippen LogP contribution in [-0.2, 0) is 14.3 Å². The van der Waals surface area contributed by atoms with Gasteiger partial charge >= 0.3 is 0 Å². The molecule has 8 heteroatoms. The third-order valence-electron chi connectivity index (χ3n) is 6.28. The van der Waals surface area contributed by atoms with E-state index in [1.807, 2.05) is 32.0 Å². The van der Waals surface area contributed by atoms with Crippen molar-refractivity contribution in [3.05, 3.63) is 29.7 Å². The molecule has 2 amide bonds. The number of ether oxygens (including phenoxy) is 1. The molecule has 0 radical (unpaired) electrons. The van der Waals surface area contributed by atoms with Crippen molar-refractivity contribution >= 4 is 23.2 Å². The maximum absolute atomic E-state index is 12.8. The molecule has 1 aliphatic heterocycles. The molecule has 1 atom stereocenters. The topological polar surface area (TPSA) is 105 Å². The molecule has 2 aliphatic rings. The van der Waals surface area contributed by atoms with E-state index in [1.54, 1.807) is 7.11 Å². The highest BCUT2D eigenvalue weighted by Crippen LogP contribution is 2.34. The molecule has 1 saturated heterocycles. The van der Waals surface area contributed by atoms with E-state index in [0.717, 1.165) is 54.0 Å². The number of benzene rings is 1. The van der Waals surface area contributed by atoms with Crippen LogP contribution in [-0.4, -0.2) is 42.3 Å². The molecule has 1 aromatic heterocycles. The average Bonchev–Trinajstić information content (AvgIpc) is 3.35. The Morgan fingerprint density at radius 3 is 2.55 bits per heavy atom. The zero-order chi connectivity index (χ0) is 22.0. The molecule has 1 aromatic carbocycles. The van der Waals surface area contributed by atoms with Crippen LogP contribution in [0.25, 0.3) is 11.1 Å². The van der Waals surface area contributed by atoms with Crippen molar-refractivity contribution in [3.8, 4) is 11.1 Å². The Labute approximate surface area is 182 Å². The Bertz CT molecular complexity index is 943. The third-order valence-corrected chi connectivity index (χ3v) is 6.28. The number of amides is 2. The molecule has 4 rings (SSSR count). The molecule has 2 aromatic rings. The third kappa shape index (κ3) is 4.74. The second-order valence-corrected chi connectivity index (χ2v) is 8.46. The maximum Gasteiger partial charge on any atom is 0.247 e. The average molecular weight is 427 g/mol. The number of aromatic nitrogens is 1. The van der Waals surface area contributed by atoms with E-state index in [0.29, 0.717) is 30.7 Å². The Kier molecular flexibility index (Phi) is 6.27. The van der Waals surface area contributed by atoms with Crippen LogP contribution in [0.5, 0.6) is 0 Å². The van der Waals surface area contributed by atoms with E-state index in [9.17, 15) is 9.59 Å². The van der Waals surface area contributed by atoms with Crippen LogP contribution >= 0.6 is 0 Å².